The Hall–Kier alpha value is -0.0800. The van der Waals surface area contributed by atoms with Gasteiger partial charge in [0.25, 0.3) is 0 Å². The van der Waals surface area contributed by atoms with Crippen molar-refractivity contribution in [2.45, 2.75) is 51.6 Å². The fourth-order valence-electron chi connectivity index (χ4n) is 2.04. The number of hydrogen-bond donors (Lipinski definition) is 2. The van der Waals surface area contributed by atoms with Gasteiger partial charge in [-0.15, -0.1) is 0 Å². The van der Waals surface area contributed by atoms with Crippen LogP contribution in [0.1, 0.15) is 39.5 Å². The molecule has 0 aliphatic heterocycles. The van der Waals surface area contributed by atoms with Crippen molar-refractivity contribution in [1.29, 1.82) is 0 Å². The third-order valence-electron chi connectivity index (χ3n) is 2.92. The molecule has 1 aliphatic rings. The van der Waals surface area contributed by atoms with E-state index < -0.39 is 0 Å². The highest BCUT2D eigenvalue weighted by Gasteiger charge is 2.23. The van der Waals surface area contributed by atoms with Gasteiger partial charge in [-0.2, -0.15) is 0 Å². The van der Waals surface area contributed by atoms with Crippen molar-refractivity contribution in [2.75, 3.05) is 6.61 Å². The molecule has 1 saturated carbocycles. The highest BCUT2D eigenvalue weighted by atomic mass is 16.3. The Labute approximate surface area is 75.4 Å². The van der Waals surface area contributed by atoms with Gasteiger partial charge < -0.3 is 10.4 Å². The molecule has 0 heterocycles. The van der Waals surface area contributed by atoms with E-state index in [2.05, 4.69) is 19.2 Å². The second kappa shape index (κ2) is 4.83. The quantitative estimate of drug-likeness (QED) is 0.672. The van der Waals surface area contributed by atoms with Gasteiger partial charge in [0.1, 0.15) is 0 Å². The first-order chi connectivity index (χ1) is 5.74. The molecule has 2 N–H and O–H groups in total. The average Bonchev–Trinajstić information content (AvgIpc) is 2.37. The molecule has 0 saturated heterocycles. The second-order valence-electron chi connectivity index (χ2n) is 4.09. The zero-order valence-corrected chi connectivity index (χ0v) is 8.21. The Kier molecular flexibility index (Phi) is 4.02. The van der Waals surface area contributed by atoms with E-state index in [1.807, 2.05) is 0 Å². The van der Waals surface area contributed by atoms with Crippen molar-refractivity contribution in [1.82, 2.24) is 5.32 Å². The van der Waals surface area contributed by atoms with Gasteiger partial charge in [0.05, 0.1) is 0 Å². The maximum absolute atomic E-state index is 8.74. The maximum Gasteiger partial charge on any atom is 0.0445 e. The van der Waals surface area contributed by atoms with E-state index in [4.69, 9.17) is 5.11 Å². The minimum atomic E-state index is 0.301. The van der Waals surface area contributed by atoms with Crippen LogP contribution in [-0.4, -0.2) is 23.8 Å². The number of nitrogens with one attached hydrogen (secondary N) is 1. The molecular weight excluding hydrogens is 150 g/mol. The molecule has 1 aliphatic carbocycles. The summed E-state index contributed by atoms with van der Waals surface area (Å²) in [4.78, 5) is 0. The highest BCUT2D eigenvalue weighted by molar-refractivity contribution is 4.82. The summed E-state index contributed by atoms with van der Waals surface area (Å²) in [5.41, 5.74) is 0. The summed E-state index contributed by atoms with van der Waals surface area (Å²) in [5, 5.41) is 12.3. The van der Waals surface area contributed by atoms with Gasteiger partial charge >= 0.3 is 0 Å². The third-order valence-corrected chi connectivity index (χ3v) is 2.92. The molecule has 2 heteroatoms. The Bertz CT molecular complexity index is 127. The summed E-state index contributed by atoms with van der Waals surface area (Å²) in [6, 6.07) is 1.17. The van der Waals surface area contributed by atoms with Crippen molar-refractivity contribution in [3.63, 3.8) is 0 Å². The van der Waals surface area contributed by atoms with Crippen LogP contribution in [0, 0.1) is 5.92 Å². The summed E-state index contributed by atoms with van der Waals surface area (Å²) < 4.78 is 0. The molecule has 0 spiro atoms. The molecule has 3 atom stereocenters. The highest BCUT2D eigenvalue weighted by Crippen LogP contribution is 2.25. The van der Waals surface area contributed by atoms with Crippen molar-refractivity contribution in [3.8, 4) is 0 Å². The first-order valence-electron chi connectivity index (χ1n) is 5.11. The lowest BCUT2D eigenvalue weighted by Gasteiger charge is -2.22. The van der Waals surface area contributed by atoms with Crippen molar-refractivity contribution >= 4 is 0 Å². The normalized spacial score (nSPS) is 32.2. The van der Waals surface area contributed by atoms with Gasteiger partial charge in [0.15, 0.2) is 0 Å². The van der Waals surface area contributed by atoms with Gasteiger partial charge in [-0.3, -0.25) is 0 Å². The standard InChI is InChI=1S/C10H21NO/c1-8-4-3-5-10(8)11-9(2)6-7-12/h8-12H,3-7H2,1-2H3/t8?,9-,10?/m1/s1. The average molecular weight is 171 g/mol. The smallest absolute Gasteiger partial charge is 0.0445 e. The third kappa shape index (κ3) is 2.76. The predicted molar refractivity (Wildman–Crippen MR) is 51.1 cm³/mol. The van der Waals surface area contributed by atoms with Crippen molar-refractivity contribution in [2.24, 2.45) is 5.92 Å². The predicted octanol–water partition coefficient (Wildman–Crippen LogP) is 1.54. The molecule has 0 radical (unpaired) electrons. The summed E-state index contributed by atoms with van der Waals surface area (Å²) in [6.07, 6.45) is 4.92. The van der Waals surface area contributed by atoms with E-state index in [0.29, 0.717) is 18.7 Å². The number of rotatable bonds is 4. The Morgan fingerprint density at radius 2 is 2.25 bits per heavy atom. The number of aliphatic hydroxyl groups excluding tert-OH is 1. The Morgan fingerprint density at radius 3 is 2.75 bits per heavy atom. The fourth-order valence-corrected chi connectivity index (χ4v) is 2.04. The van der Waals surface area contributed by atoms with Crippen LogP contribution in [0.4, 0.5) is 0 Å². The van der Waals surface area contributed by atoms with Gasteiger partial charge in [0.2, 0.25) is 0 Å². The topological polar surface area (TPSA) is 32.3 Å². The molecule has 0 bridgehead atoms. The van der Waals surface area contributed by atoms with Gasteiger partial charge in [-0.1, -0.05) is 13.3 Å². The Balaban J connectivity index is 2.20. The van der Waals surface area contributed by atoms with E-state index >= 15 is 0 Å². The number of hydrogen-bond acceptors (Lipinski definition) is 2. The van der Waals surface area contributed by atoms with E-state index in [1.165, 1.54) is 19.3 Å². The van der Waals surface area contributed by atoms with Crippen molar-refractivity contribution in [3.05, 3.63) is 0 Å². The first-order valence-corrected chi connectivity index (χ1v) is 5.11. The van der Waals surface area contributed by atoms with Crippen molar-refractivity contribution < 1.29 is 5.11 Å². The van der Waals surface area contributed by atoms with Crippen LogP contribution in [0.5, 0.6) is 0 Å². The molecule has 0 amide bonds. The molecular formula is C10H21NO. The molecule has 12 heavy (non-hydrogen) atoms. The van der Waals surface area contributed by atoms with E-state index in [-0.39, 0.29) is 0 Å². The van der Waals surface area contributed by atoms with Crippen LogP contribution in [0.15, 0.2) is 0 Å². The zero-order chi connectivity index (χ0) is 8.97. The lowest BCUT2D eigenvalue weighted by Crippen LogP contribution is -2.38. The molecule has 1 rings (SSSR count). The fraction of sp³-hybridized carbons (Fsp3) is 1.00. The van der Waals surface area contributed by atoms with E-state index in [1.54, 1.807) is 0 Å². The summed E-state index contributed by atoms with van der Waals surface area (Å²) in [6.45, 7) is 4.77. The summed E-state index contributed by atoms with van der Waals surface area (Å²) in [7, 11) is 0. The van der Waals surface area contributed by atoms with Gasteiger partial charge in [-0.05, 0) is 32.1 Å². The minimum absolute atomic E-state index is 0.301. The van der Waals surface area contributed by atoms with Crippen LogP contribution in [0.25, 0.3) is 0 Å². The van der Waals surface area contributed by atoms with Crippen LogP contribution >= 0.6 is 0 Å². The molecule has 2 unspecified atom stereocenters. The lowest BCUT2D eigenvalue weighted by molar-refractivity contribution is 0.257. The van der Waals surface area contributed by atoms with Crippen LogP contribution in [-0.2, 0) is 0 Å². The van der Waals surface area contributed by atoms with E-state index in [9.17, 15) is 0 Å². The summed E-state index contributed by atoms with van der Waals surface area (Å²) >= 11 is 0. The molecule has 1 fully saturated rings. The van der Waals surface area contributed by atoms with Crippen LogP contribution in [0.3, 0.4) is 0 Å². The summed E-state index contributed by atoms with van der Waals surface area (Å²) in [5.74, 6) is 0.825. The maximum atomic E-state index is 8.74. The SMILES string of the molecule is CC1CCCC1N[C@H](C)CCO. The molecule has 0 aromatic carbocycles. The minimum Gasteiger partial charge on any atom is -0.396 e. The largest absolute Gasteiger partial charge is 0.396 e. The molecule has 0 aromatic rings. The van der Waals surface area contributed by atoms with Gasteiger partial charge in [-0.25, -0.2) is 0 Å². The van der Waals surface area contributed by atoms with Crippen LogP contribution in [0.2, 0.25) is 0 Å². The van der Waals surface area contributed by atoms with Gasteiger partial charge in [0, 0.05) is 18.7 Å². The molecule has 0 aromatic heterocycles. The molecule has 72 valence electrons. The first kappa shape index (κ1) is 10.0. The lowest BCUT2D eigenvalue weighted by atomic mass is 10.1. The zero-order valence-electron chi connectivity index (χ0n) is 8.21. The van der Waals surface area contributed by atoms with E-state index in [0.717, 1.165) is 12.3 Å². The monoisotopic (exact) mass is 171 g/mol. The number of aliphatic hydroxyl groups is 1. The second-order valence-corrected chi connectivity index (χ2v) is 4.09. The van der Waals surface area contributed by atoms with Crippen LogP contribution < -0.4 is 5.32 Å². The Morgan fingerprint density at radius 1 is 1.50 bits per heavy atom. The molecule has 2 nitrogen and oxygen atoms in total.